The Balaban J connectivity index is 0.000000151. The van der Waals surface area contributed by atoms with Crippen LogP contribution in [0.25, 0.3) is 80.3 Å². The number of anilines is 2. The number of halogens is 1. The van der Waals surface area contributed by atoms with E-state index in [9.17, 15) is 75.8 Å². The van der Waals surface area contributed by atoms with Gasteiger partial charge in [-0.15, -0.1) is 0 Å². The fraction of sp³-hybridized carbons (Fsp3) is 0.107. The Bertz CT molecular complexity index is 6720. The molecule has 0 saturated carbocycles. The van der Waals surface area contributed by atoms with Gasteiger partial charge >= 0.3 is 17.9 Å². The Morgan fingerprint density at radius 1 is 0.593 bits per heavy atom. The van der Waals surface area contributed by atoms with E-state index in [2.05, 4.69) is 45.4 Å². The highest BCUT2D eigenvalue weighted by atomic mass is 35.5. The molecule has 574 valence electrons. The van der Waals surface area contributed by atoms with Crippen molar-refractivity contribution in [3.63, 3.8) is 0 Å². The molecule has 0 spiro atoms. The summed E-state index contributed by atoms with van der Waals surface area (Å²) >= 11 is 4.61. The summed E-state index contributed by atoms with van der Waals surface area (Å²) in [7, 11) is -4.22. The standard InChI is InChI=1S/C26H28N2O7S2.C22H13NO4S.C21H14O4.C15H12N2O5.ClH/c1-5-27(4)17-8-11-20-23(14-17)35-24-15-18(28(6-2)7-3)9-12-21(24)26(20)22-13-10-19(36(29,30)31)16-25(22)37(32,33)34;1-12-2-5-16-19(8-12)27-20-10-14(24)4-7-17(20)21(16)15-6-3-13(23-11-28)9-18(15)22(25)26;1-12-6-8-16-18(10-12)25-19-11-13(22)7-9-17(19)20(16)14-4-2-3-5-15(14)21(23)24;1-17(2)7-3-4-9-11(5-7)22-14-12(16-9)8(15(20)21)6-10(18)13(14)19;/h8-16H,5-7H2,1-4H3,(H-,29,30,31,32,33,34);2-10,24H,1H2,(H,25,26);2-11,22H,1H2,(H,23,24);3-6,19H,1-2H3,(H,20,21);1H. The molecule has 0 radical (unpaired) electrons. The van der Waals surface area contributed by atoms with Crippen molar-refractivity contribution in [1.29, 1.82) is 0 Å². The van der Waals surface area contributed by atoms with Crippen molar-refractivity contribution in [3.8, 4) is 74.2 Å². The Morgan fingerprint density at radius 3 is 1.71 bits per heavy atom. The molecule has 0 amide bonds. The first-order chi connectivity index (χ1) is 53.3. The number of fused-ring (bicyclic) bond motifs is 8. The Hall–Kier alpha value is -13.3. The van der Waals surface area contributed by atoms with Crippen LogP contribution < -0.4 is 72.9 Å². The fourth-order valence-corrected chi connectivity index (χ4v) is 14.4. The number of carboxylic acids is 3. The number of aromatic nitrogens is 1. The molecule has 0 fully saturated rings. The number of phenolic OH excluding ortho intramolecular Hbond substituents is 3. The highest BCUT2D eigenvalue weighted by Gasteiger charge is 2.32. The van der Waals surface area contributed by atoms with Crippen molar-refractivity contribution in [2.24, 2.45) is 4.99 Å². The van der Waals surface area contributed by atoms with Crippen LogP contribution in [0.5, 0.6) is 40.2 Å². The van der Waals surface area contributed by atoms with Crippen molar-refractivity contribution >= 4 is 119 Å². The Morgan fingerprint density at radius 2 is 1.15 bits per heavy atom. The number of aromatic amines is 1. The van der Waals surface area contributed by atoms with Crippen LogP contribution in [0.3, 0.4) is 0 Å². The van der Waals surface area contributed by atoms with E-state index in [4.69, 9.17) is 18.3 Å². The predicted molar refractivity (Wildman–Crippen MR) is 423 cm³/mol. The van der Waals surface area contributed by atoms with Crippen LogP contribution >= 0.6 is 12.2 Å². The Kier molecular flexibility index (Phi) is 23.4. The number of nitrogens with zero attached hydrogens (tertiary/aromatic N) is 4. The normalized spacial score (nSPS) is 12.0. The minimum absolute atomic E-state index is 0. The summed E-state index contributed by atoms with van der Waals surface area (Å²) in [6.07, 6.45) is 0. The van der Waals surface area contributed by atoms with Gasteiger partial charge in [-0.05, 0) is 146 Å². The third-order valence-electron chi connectivity index (χ3n) is 18.6. The van der Waals surface area contributed by atoms with Crippen molar-refractivity contribution in [2.75, 3.05) is 50.6 Å². The number of H-pyrrole nitrogens is 1. The molecule has 15 rings (SSSR count). The number of aliphatic imine (C=N–C) groups is 1. The number of hydrogen-bond donors (Lipinski definition) is 7. The van der Waals surface area contributed by atoms with Crippen LogP contribution in [0.1, 0.15) is 74.1 Å². The maximum Gasteiger partial charge on any atom is 0.342 e. The number of aromatic carboxylic acids is 3. The van der Waals surface area contributed by atoms with Gasteiger partial charge in [0.25, 0.3) is 15.8 Å². The van der Waals surface area contributed by atoms with E-state index < -0.39 is 59.1 Å². The monoisotopic (exact) mass is 1600 g/mol. The van der Waals surface area contributed by atoms with E-state index >= 15 is 0 Å². The summed E-state index contributed by atoms with van der Waals surface area (Å²) in [6, 6.07) is 52.4. The number of carbonyl (C=O) groups is 3. The van der Waals surface area contributed by atoms with Crippen LogP contribution in [0.2, 0.25) is 0 Å². The first kappa shape index (κ1) is 80.7. The second-order valence-corrected chi connectivity index (χ2v) is 28.7. The second-order valence-electron chi connectivity index (χ2n) is 25.8. The number of hydrogen-bond acceptors (Lipinski definition) is 20. The van der Waals surface area contributed by atoms with Gasteiger partial charge in [0, 0.05) is 136 Å². The molecule has 4 heterocycles. The number of phenols is 3. The fourth-order valence-electron chi connectivity index (χ4n) is 13.0. The third kappa shape index (κ3) is 16.6. The molecule has 9 aromatic carbocycles. The predicted octanol–water partition coefficient (Wildman–Crippen LogP) is 8.25. The quantitative estimate of drug-likeness (QED) is 0.0177. The molecule has 9 aromatic rings. The molecule has 8 N–H and O–H groups in total. The number of carboxylic acid groups (broad SMARTS) is 3. The largest absolute Gasteiger partial charge is 1.00 e. The number of isothiocyanates is 1. The number of benzene rings is 11. The van der Waals surface area contributed by atoms with E-state index in [0.29, 0.717) is 96.0 Å². The smallest absolute Gasteiger partial charge is 0.342 e. The van der Waals surface area contributed by atoms with Gasteiger partial charge in [-0.25, -0.2) is 27.4 Å². The van der Waals surface area contributed by atoms with Crippen molar-refractivity contribution in [2.45, 2.75) is 30.6 Å². The zero-order valence-corrected chi connectivity index (χ0v) is 64.0. The summed E-state index contributed by atoms with van der Waals surface area (Å²) < 4.78 is 95.6. The number of aromatic hydroxyl groups is 3. The van der Waals surface area contributed by atoms with Crippen LogP contribution in [-0.4, -0.2) is 120 Å². The van der Waals surface area contributed by atoms with E-state index in [1.807, 2.05) is 106 Å². The van der Waals surface area contributed by atoms with Crippen molar-refractivity contribution < 1.29 is 107 Å². The number of ether oxygens (including phenoxy) is 2. The van der Waals surface area contributed by atoms with Gasteiger partial charge in [-0.2, -0.15) is 18.4 Å². The average Bonchev–Trinajstić information content (AvgIpc) is 0.768. The molecule has 0 bridgehead atoms. The minimum atomic E-state index is -5.13. The zero-order valence-electron chi connectivity index (χ0n) is 60.8. The minimum Gasteiger partial charge on any atom is -1.00 e. The van der Waals surface area contributed by atoms with Gasteiger partial charge in [0.1, 0.15) is 75.1 Å². The topological polar surface area (TPSA) is 382 Å². The molecular formula is C84H68ClN5O20S3. The summed E-state index contributed by atoms with van der Waals surface area (Å²) in [6.45, 7) is 16.2. The lowest BCUT2D eigenvalue weighted by molar-refractivity contribution is -0.334. The zero-order chi connectivity index (χ0) is 80.5. The first-order valence-corrected chi connectivity index (χ1v) is 37.5. The SMILES string of the molecule is C=c1ccc2c(c1)Oc1cc(O)ccc1C=2c1ccc(N=C=S)cc1C(=O)O.C=c1ccc2c(c1)Oc1cc(O)ccc1C=2c1ccccc1C(=O)O.CCN(CC)c1ccc2c(-c3ccc(S(=O)(=O)O)cc3S(=O)(=O)[O-])c3ccc(=[N+](C)CC)cc-3oc2c1.CN(C)c1ccc2[nH+]c3c(C(=O)O)cc(=O)c(O)c-3oc2c1.[Cl-]. The molecule has 0 unspecified atom stereocenters. The van der Waals surface area contributed by atoms with E-state index in [-0.39, 0.29) is 57.6 Å². The number of rotatable bonds is 14. The third-order valence-corrected chi connectivity index (χ3v) is 20.4. The molecule has 113 heavy (non-hydrogen) atoms. The van der Waals surface area contributed by atoms with Gasteiger partial charge in [-0.3, -0.25) is 9.35 Å². The highest BCUT2D eigenvalue weighted by Crippen LogP contribution is 2.45. The lowest BCUT2D eigenvalue weighted by Gasteiger charge is -2.23. The highest BCUT2D eigenvalue weighted by molar-refractivity contribution is 7.86. The lowest BCUT2D eigenvalue weighted by atomic mass is 9.89. The molecule has 2 aliphatic carbocycles. The van der Waals surface area contributed by atoms with Crippen LogP contribution in [0.4, 0.5) is 17.1 Å². The van der Waals surface area contributed by atoms with Crippen LogP contribution in [-0.2, 0) is 20.2 Å². The summed E-state index contributed by atoms with van der Waals surface area (Å²) in [4.78, 5) is 56.0. The molecule has 25 nitrogen and oxygen atoms in total. The van der Waals surface area contributed by atoms with Crippen LogP contribution in [0.15, 0.2) is 223 Å². The maximum absolute atomic E-state index is 12.3. The number of nitrogens with one attached hydrogen (secondary N) is 1. The summed E-state index contributed by atoms with van der Waals surface area (Å²) in [5, 5.41) is 64.8. The molecule has 4 aliphatic heterocycles. The van der Waals surface area contributed by atoms with Gasteiger partial charge < -0.3 is 75.7 Å². The Labute approximate surface area is 656 Å². The molecule has 6 aliphatic rings. The van der Waals surface area contributed by atoms with Crippen molar-refractivity contribution in [3.05, 3.63) is 270 Å². The molecule has 29 heteroatoms. The maximum atomic E-state index is 12.3. The lowest BCUT2D eigenvalue weighted by Crippen LogP contribution is -3.00. The van der Waals surface area contributed by atoms with E-state index in [1.54, 1.807) is 91.0 Å². The van der Waals surface area contributed by atoms with Crippen molar-refractivity contribution in [1.82, 2.24) is 4.58 Å². The van der Waals surface area contributed by atoms with E-state index in [0.717, 1.165) is 80.5 Å². The second kappa shape index (κ2) is 32.7. The van der Waals surface area contributed by atoms with Crippen LogP contribution in [0, 0.1) is 0 Å². The van der Waals surface area contributed by atoms with Gasteiger partial charge in [0.15, 0.2) is 0 Å². The van der Waals surface area contributed by atoms with Gasteiger partial charge in [0.05, 0.1) is 37.8 Å². The molecular weight excluding hydrogens is 1530 g/mol. The summed E-state index contributed by atoms with van der Waals surface area (Å²) in [5.74, 6) is -1.52. The number of thiocarbonyl (C=S) groups is 1. The molecule has 0 aromatic heterocycles. The first-order valence-electron chi connectivity index (χ1n) is 34.2. The van der Waals surface area contributed by atoms with Gasteiger partial charge in [-0.1, -0.05) is 67.8 Å². The molecule has 0 atom stereocenters. The average molecular weight is 1600 g/mol. The molecule has 0 saturated heterocycles. The van der Waals surface area contributed by atoms with E-state index in [1.165, 1.54) is 30.3 Å². The van der Waals surface area contributed by atoms with Gasteiger partial charge in [0.2, 0.25) is 33.4 Å². The summed E-state index contributed by atoms with van der Waals surface area (Å²) in [5.41, 5.74) is 7.82.